The average molecular weight is 530 g/mol. The highest BCUT2D eigenvalue weighted by molar-refractivity contribution is 9.09. The van der Waals surface area contributed by atoms with Crippen LogP contribution in [0.5, 0.6) is 0 Å². The smallest absolute Gasteiger partial charge is 0.305 e. The van der Waals surface area contributed by atoms with Gasteiger partial charge in [-0.05, 0) is 6.42 Å². The van der Waals surface area contributed by atoms with E-state index in [0.29, 0.717) is 92.3 Å². The van der Waals surface area contributed by atoms with E-state index in [1.807, 2.05) is 0 Å². The highest BCUT2D eigenvalue weighted by atomic mass is 79.9. The Bertz CT molecular complexity index is 374. The van der Waals surface area contributed by atoms with E-state index >= 15 is 0 Å². The van der Waals surface area contributed by atoms with Crippen LogP contribution in [0, 0.1) is 0 Å². The van der Waals surface area contributed by atoms with Crippen LogP contribution in [-0.2, 0) is 38.0 Å². The molecule has 32 heavy (non-hydrogen) atoms. The van der Waals surface area contributed by atoms with Crippen LogP contribution in [0.1, 0.15) is 51.9 Å². The first-order valence-corrected chi connectivity index (χ1v) is 13.1. The molecule has 0 aliphatic carbocycles. The second-order valence-electron chi connectivity index (χ2n) is 7.10. The Balaban J connectivity index is 3.09. The molecule has 0 rings (SSSR count). The molecule has 0 atom stereocenters. The van der Waals surface area contributed by atoms with Gasteiger partial charge in [-0.1, -0.05) is 55.0 Å². The molecular weight excluding hydrogens is 484 g/mol. The zero-order chi connectivity index (χ0) is 23.4. The molecular formula is C23H45BrO8. The molecule has 0 saturated carbocycles. The number of rotatable bonds is 27. The highest BCUT2D eigenvalue weighted by Crippen LogP contribution is 2.07. The predicted octanol–water partition coefficient (Wildman–Crippen LogP) is 3.77. The molecule has 0 saturated heterocycles. The first-order valence-electron chi connectivity index (χ1n) is 12.0. The summed E-state index contributed by atoms with van der Waals surface area (Å²) in [6, 6.07) is 0. The van der Waals surface area contributed by atoms with Crippen molar-refractivity contribution in [1.29, 1.82) is 0 Å². The fourth-order valence-corrected chi connectivity index (χ4v) is 2.82. The van der Waals surface area contributed by atoms with Crippen LogP contribution in [0.15, 0.2) is 0 Å². The maximum Gasteiger partial charge on any atom is 0.305 e. The number of hydrogen-bond acceptors (Lipinski definition) is 8. The van der Waals surface area contributed by atoms with Crippen LogP contribution in [0.2, 0.25) is 0 Å². The molecule has 0 bridgehead atoms. The monoisotopic (exact) mass is 528 g/mol. The number of halogens is 1. The van der Waals surface area contributed by atoms with Gasteiger partial charge in [-0.25, -0.2) is 0 Å². The summed E-state index contributed by atoms with van der Waals surface area (Å²) < 4.78 is 37.4. The Morgan fingerprint density at radius 3 is 1.34 bits per heavy atom. The van der Waals surface area contributed by atoms with Crippen LogP contribution < -0.4 is 0 Å². The molecule has 8 nitrogen and oxygen atoms in total. The molecule has 0 amide bonds. The van der Waals surface area contributed by atoms with Crippen LogP contribution in [0.3, 0.4) is 0 Å². The lowest BCUT2D eigenvalue weighted by Crippen LogP contribution is -2.15. The largest absolute Gasteiger partial charge is 0.463 e. The lowest BCUT2D eigenvalue weighted by molar-refractivity contribution is -0.145. The van der Waals surface area contributed by atoms with E-state index in [2.05, 4.69) is 22.9 Å². The normalized spacial score (nSPS) is 11.2. The Labute approximate surface area is 203 Å². The predicted molar refractivity (Wildman–Crippen MR) is 128 cm³/mol. The molecule has 0 fully saturated rings. The van der Waals surface area contributed by atoms with Gasteiger partial charge in [0.05, 0.1) is 79.3 Å². The maximum absolute atomic E-state index is 11.6. The lowest BCUT2D eigenvalue weighted by atomic mass is 10.1. The molecule has 0 spiro atoms. The summed E-state index contributed by atoms with van der Waals surface area (Å²) in [5.41, 5.74) is 0. The van der Waals surface area contributed by atoms with Crippen molar-refractivity contribution in [3.05, 3.63) is 0 Å². The molecule has 192 valence electrons. The number of ether oxygens (including phenoxy) is 7. The van der Waals surface area contributed by atoms with E-state index in [-0.39, 0.29) is 5.97 Å². The van der Waals surface area contributed by atoms with Gasteiger partial charge in [0, 0.05) is 11.8 Å². The van der Waals surface area contributed by atoms with E-state index in [0.717, 1.165) is 18.2 Å². The average Bonchev–Trinajstić information content (AvgIpc) is 2.80. The maximum atomic E-state index is 11.6. The second-order valence-corrected chi connectivity index (χ2v) is 7.89. The topological polar surface area (TPSA) is 81.7 Å². The summed E-state index contributed by atoms with van der Waals surface area (Å²) in [7, 11) is 0. The molecule has 0 radical (unpaired) electrons. The SMILES string of the molecule is CCCCCCCCC(=O)OCCOCCOCCOCCOCCOCCOCCBr. The van der Waals surface area contributed by atoms with E-state index in [9.17, 15) is 4.79 Å². The molecule has 0 aliphatic rings. The molecule has 9 heteroatoms. The van der Waals surface area contributed by atoms with Gasteiger partial charge < -0.3 is 33.2 Å². The van der Waals surface area contributed by atoms with Crippen molar-refractivity contribution in [3.8, 4) is 0 Å². The van der Waals surface area contributed by atoms with Gasteiger partial charge in [-0.2, -0.15) is 0 Å². The summed E-state index contributed by atoms with van der Waals surface area (Å²) in [6.45, 7) is 8.92. The standard InChI is InChI=1S/C23H45BrO8/c1-2-3-4-5-6-7-8-23(25)32-22-21-31-20-19-30-18-17-29-16-15-28-14-13-27-12-11-26-10-9-24/h2-22H2,1H3. The van der Waals surface area contributed by atoms with E-state index in [1.165, 1.54) is 25.7 Å². The van der Waals surface area contributed by atoms with Crippen molar-refractivity contribution in [2.75, 3.05) is 91.2 Å². The third-order valence-corrected chi connectivity index (χ3v) is 4.63. The number of unbranched alkanes of at least 4 members (excludes halogenated alkanes) is 5. The minimum Gasteiger partial charge on any atom is -0.463 e. The van der Waals surface area contributed by atoms with Crippen molar-refractivity contribution < 1.29 is 38.0 Å². The molecule has 0 unspecified atom stereocenters. The summed E-state index contributed by atoms with van der Waals surface area (Å²) in [6.07, 6.45) is 7.49. The van der Waals surface area contributed by atoms with Crippen molar-refractivity contribution in [1.82, 2.24) is 0 Å². The third-order valence-electron chi connectivity index (χ3n) is 4.31. The van der Waals surface area contributed by atoms with Crippen LogP contribution in [-0.4, -0.2) is 97.2 Å². The van der Waals surface area contributed by atoms with Gasteiger partial charge in [-0.3, -0.25) is 4.79 Å². The molecule has 0 aliphatic heterocycles. The molecule has 0 N–H and O–H groups in total. The second kappa shape index (κ2) is 28.7. The first kappa shape index (κ1) is 31.7. The Morgan fingerprint density at radius 2 is 0.906 bits per heavy atom. The van der Waals surface area contributed by atoms with Gasteiger partial charge in [0.1, 0.15) is 6.61 Å². The summed E-state index contributed by atoms with van der Waals surface area (Å²) in [5, 5.41) is 0.840. The number of esters is 1. The van der Waals surface area contributed by atoms with Crippen molar-refractivity contribution >= 4 is 21.9 Å². The van der Waals surface area contributed by atoms with Gasteiger partial charge in [-0.15, -0.1) is 0 Å². The zero-order valence-corrected chi connectivity index (χ0v) is 21.6. The van der Waals surface area contributed by atoms with Crippen molar-refractivity contribution in [3.63, 3.8) is 0 Å². The summed E-state index contributed by atoms with van der Waals surface area (Å²) in [5.74, 6) is -0.135. The Morgan fingerprint density at radius 1 is 0.531 bits per heavy atom. The van der Waals surface area contributed by atoms with E-state index in [4.69, 9.17) is 33.2 Å². The van der Waals surface area contributed by atoms with Gasteiger partial charge >= 0.3 is 5.97 Å². The van der Waals surface area contributed by atoms with Gasteiger partial charge in [0.25, 0.3) is 0 Å². The summed E-state index contributed by atoms with van der Waals surface area (Å²) in [4.78, 5) is 11.6. The van der Waals surface area contributed by atoms with Gasteiger partial charge in [0.2, 0.25) is 0 Å². The molecule has 0 aromatic rings. The molecule has 0 aromatic carbocycles. The highest BCUT2D eigenvalue weighted by Gasteiger charge is 2.02. The van der Waals surface area contributed by atoms with E-state index < -0.39 is 0 Å². The fraction of sp³-hybridized carbons (Fsp3) is 0.957. The minimum atomic E-state index is -0.135. The van der Waals surface area contributed by atoms with Crippen molar-refractivity contribution in [2.24, 2.45) is 0 Å². The van der Waals surface area contributed by atoms with Crippen molar-refractivity contribution in [2.45, 2.75) is 51.9 Å². The molecule has 0 aromatic heterocycles. The molecule has 0 heterocycles. The van der Waals surface area contributed by atoms with E-state index in [1.54, 1.807) is 0 Å². The Hall–Kier alpha value is -0.290. The zero-order valence-electron chi connectivity index (χ0n) is 20.0. The number of alkyl halides is 1. The van der Waals surface area contributed by atoms with Crippen LogP contribution in [0.25, 0.3) is 0 Å². The number of hydrogen-bond donors (Lipinski definition) is 0. The van der Waals surface area contributed by atoms with Crippen LogP contribution in [0.4, 0.5) is 0 Å². The minimum absolute atomic E-state index is 0.135. The quantitative estimate of drug-likeness (QED) is 0.0904. The Kier molecular flexibility index (Phi) is 28.5. The number of carbonyl (C=O) groups is 1. The number of carbonyl (C=O) groups excluding carboxylic acids is 1. The van der Waals surface area contributed by atoms with Gasteiger partial charge in [0.15, 0.2) is 0 Å². The first-order chi connectivity index (χ1) is 15.8. The lowest BCUT2D eigenvalue weighted by Gasteiger charge is -2.08. The fourth-order valence-electron chi connectivity index (χ4n) is 2.59. The van der Waals surface area contributed by atoms with Crippen LogP contribution >= 0.6 is 15.9 Å². The third kappa shape index (κ3) is 27.7. The summed E-state index contributed by atoms with van der Waals surface area (Å²) >= 11 is 3.29.